The molecule has 2 atom stereocenters. The maximum atomic E-state index is 13.3. The van der Waals surface area contributed by atoms with Crippen molar-refractivity contribution in [3.8, 4) is 0 Å². The molecule has 0 aliphatic carbocycles. The van der Waals surface area contributed by atoms with Crippen LogP contribution in [0, 0.1) is 5.82 Å². The second kappa shape index (κ2) is 6.23. The smallest absolute Gasteiger partial charge is 0.125 e. The number of benzene rings is 1. The Morgan fingerprint density at radius 1 is 1.35 bits per heavy atom. The maximum absolute atomic E-state index is 13.3. The van der Waals surface area contributed by atoms with Gasteiger partial charge in [0, 0.05) is 36.6 Å². The Kier molecular flexibility index (Phi) is 4.09. The van der Waals surface area contributed by atoms with Gasteiger partial charge in [-0.1, -0.05) is 12.1 Å². The van der Waals surface area contributed by atoms with E-state index in [0.29, 0.717) is 6.61 Å². The summed E-state index contributed by atoms with van der Waals surface area (Å²) in [6.07, 6.45) is 2.07. The second-order valence-electron chi connectivity index (χ2n) is 6.59. The fraction of sp³-hybridized carbons (Fsp3) is 0.444. The minimum Gasteiger partial charge on any atom is -0.380 e. The fourth-order valence-electron chi connectivity index (χ4n) is 3.72. The van der Waals surface area contributed by atoms with Crippen molar-refractivity contribution in [2.75, 3.05) is 25.0 Å². The Morgan fingerprint density at radius 2 is 2.30 bits per heavy atom. The molecule has 23 heavy (non-hydrogen) atoms. The van der Waals surface area contributed by atoms with Gasteiger partial charge in [-0.3, -0.25) is 4.90 Å². The van der Waals surface area contributed by atoms with Crippen LogP contribution in [0.5, 0.6) is 0 Å². The van der Waals surface area contributed by atoms with Crippen LogP contribution in [0.1, 0.15) is 17.7 Å². The van der Waals surface area contributed by atoms with E-state index in [-0.39, 0.29) is 17.5 Å². The molecule has 5 heteroatoms. The minimum atomic E-state index is -0.202. The number of rotatable bonds is 4. The summed E-state index contributed by atoms with van der Waals surface area (Å²) in [7, 11) is 0. The molecular weight excluding hydrogens is 311 g/mol. The molecule has 1 spiro atoms. The van der Waals surface area contributed by atoms with Gasteiger partial charge in [0.1, 0.15) is 5.82 Å². The highest BCUT2D eigenvalue weighted by Gasteiger charge is 2.45. The maximum Gasteiger partial charge on any atom is 0.125 e. The summed E-state index contributed by atoms with van der Waals surface area (Å²) in [4.78, 5) is 3.89. The van der Waals surface area contributed by atoms with Crippen molar-refractivity contribution < 1.29 is 9.13 Å². The minimum absolute atomic E-state index is 0.0255. The van der Waals surface area contributed by atoms with Gasteiger partial charge in [-0.25, -0.2) is 4.39 Å². The third kappa shape index (κ3) is 3.42. The van der Waals surface area contributed by atoms with E-state index in [1.165, 1.54) is 10.9 Å². The highest BCUT2D eigenvalue weighted by atomic mass is 32.1. The SMILES string of the molecule is Fc1cccc(N[C@@H]2CO[C@@]3(CCN(Cc4cccs4)C3)C2)c1. The summed E-state index contributed by atoms with van der Waals surface area (Å²) in [6.45, 7) is 3.80. The predicted octanol–water partition coefficient (Wildman–Crippen LogP) is 3.73. The lowest BCUT2D eigenvalue weighted by molar-refractivity contribution is 0.0120. The summed E-state index contributed by atoms with van der Waals surface area (Å²) >= 11 is 1.81. The molecule has 2 aliphatic rings. The molecule has 0 radical (unpaired) electrons. The average Bonchev–Trinajstić information content (AvgIpc) is 3.24. The summed E-state index contributed by atoms with van der Waals surface area (Å²) < 4.78 is 19.5. The Hall–Kier alpha value is -1.43. The number of ether oxygens (including phenoxy) is 1. The molecule has 0 bridgehead atoms. The van der Waals surface area contributed by atoms with Crippen LogP contribution in [0.2, 0.25) is 0 Å². The molecule has 2 aromatic rings. The van der Waals surface area contributed by atoms with Crippen molar-refractivity contribution in [3.63, 3.8) is 0 Å². The van der Waals surface area contributed by atoms with E-state index in [0.717, 1.165) is 38.2 Å². The standard InChI is InChI=1S/C18H21FN2OS/c19-14-3-1-4-15(9-14)20-16-10-18(22-12-16)6-7-21(13-18)11-17-5-2-8-23-17/h1-5,8-9,16,20H,6-7,10-13H2/t16-,18-/m0/s1. The zero-order chi connectivity index (χ0) is 15.7. The summed E-state index contributed by atoms with van der Waals surface area (Å²) in [5.41, 5.74) is 0.812. The van der Waals surface area contributed by atoms with E-state index in [1.54, 1.807) is 12.1 Å². The van der Waals surface area contributed by atoms with Crippen LogP contribution in [0.4, 0.5) is 10.1 Å². The summed E-state index contributed by atoms with van der Waals surface area (Å²) in [6, 6.07) is 11.2. The number of nitrogens with zero attached hydrogens (tertiary/aromatic N) is 1. The van der Waals surface area contributed by atoms with Crippen molar-refractivity contribution in [2.24, 2.45) is 0 Å². The third-order valence-electron chi connectivity index (χ3n) is 4.76. The number of likely N-dealkylation sites (tertiary alicyclic amines) is 1. The molecule has 2 fully saturated rings. The van der Waals surface area contributed by atoms with E-state index < -0.39 is 0 Å². The number of thiophene rings is 1. The summed E-state index contributed by atoms with van der Waals surface area (Å²) in [5.74, 6) is -0.202. The van der Waals surface area contributed by atoms with Gasteiger partial charge >= 0.3 is 0 Å². The van der Waals surface area contributed by atoms with Crippen LogP contribution in [-0.4, -0.2) is 36.2 Å². The number of anilines is 1. The van der Waals surface area contributed by atoms with Crippen LogP contribution in [0.15, 0.2) is 41.8 Å². The lowest BCUT2D eigenvalue weighted by Crippen LogP contribution is -2.33. The third-order valence-corrected chi connectivity index (χ3v) is 5.62. The van der Waals surface area contributed by atoms with E-state index in [1.807, 2.05) is 17.4 Å². The van der Waals surface area contributed by atoms with Crippen LogP contribution in [0.3, 0.4) is 0 Å². The first kappa shape index (κ1) is 15.1. The highest BCUT2D eigenvalue weighted by Crippen LogP contribution is 2.37. The molecule has 2 saturated heterocycles. The molecule has 4 rings (SSSR count). The molecule has 1 aromatic carbocycles. The van der Waals surface area contributed by atoms with Crippen molar-refractivity contribution >= 4 is 17.0 Å². The van der Waals surface area contributed by atoms with Crippen molar-refractivity contribution in [1.29, 1.82) is 0 Å². The number of halogens is 1. The van der Waals surface area contributed by atoms with Gasteiger partial charge in [-0.2, -0.15) is 0 Å². The van der Waals surface area contributed by atoms with E-state index >= 15 is 0 Å². The van der Waals surface area contributed by atoms with E-state index in [9.17, 15) is 4.39 Å². The average molecular weight is 332 g/mol. The van der Waals surface area contributed by atoms with Gasteiger partial charge in [0.2, 0.25) is 0 Å². The molecule has 0 saturated carbocycles. The first-order valence-electron chi connectivity index (χ1n) is 8.12. The fourth-order valence-corrected chi connectivity index (χ4v) is 4.47. The number of hydrogen-bond acceptors (Lipinski definition) is 4. The van der Waals surface area contributed by atoms with Gasteiger partial charge < -0.3 is 10.1 Å². The zero-order valence-electron chi connectivity index (χ0n) is 13.0. The van der Waals surface area contributed by atoms with Crippen molar-refractivity contribution in [3.05, 3.63) is 52.5 Å². The monoisotopic (exact) mass is 332 g/mol. The Balaban J connectivity index is 1.34. The molecular formula is C18H21FN2OS. The van der Waals surface area contributed by atoms with Crippen molar-refractivity contribution in [2.45, 2.75) is 31.0 Å². The van der Waals surface area contributed by atoms with E-state index in [2.05, 4.69) is 27.7 Å². The highest BCUT2D eigenvalue weighted by molar-refractivity contribution is 7.09. The van der Waals surface area contributed by atoms with Crippen LogP contribution in [0.25, 0.3) is 0 Å². The molecule has 3 nitrogen and oxygen atoms in total. The van der Waals surface area contributed by atoms with Gasteiger partial charge in [0.25, 0.3) is 0 Å². The van der Waals surface area contributed by atoms with Gasteiger partial charge in [-0.15, -0.1) is 11.3 Å². The Morgan fingerprint density at radius 3 is 3.13 bits per heavy atom. The number of nitrogens with one attached hydrogen (secondary N) is 1. The van der Waals surface area contributed by atoms with Crippen LogP contribution in [-0.2, 0) is 11.3 Å². The van der Waals surface area contributed by atoms with Crippen LogP contribution < -0.4 is 5.32 Å². The first-order chi connectivity index (χ1) is 11.2. The second-order valence-corrected chi connectivity index (χ2v) is 7.62. The molecule has 3 heterocycles. The van der Waals surface area contributed by atoms with Gasteiger partial charge in [0.05, 0.1) is 18.2 Å². The molecule has 0 unspecified atom stereocenters. The first-order valence-corrected chi connectivity index (χ1v) is 9.00. The quantitative estimate of drug-likeness (QED) is 0.923. The van der Waals surface area contributed by atoms with Gasteiger partial charge in [0.15, 0.2) is 0 Å². The summed E-state index contributed by atoms with van der Waals surface area (Å²) in [5, 5.41) is 5.54. The molecule has 1 aromatic heterocycles. The van der Waals surface area contributed by atoms with E-state index in [4.69, 9.17) is 4.74 Å². The molecule has 1 N–H and O–H groups in total. The topological polar surface area (TPSA) is 24.5 Å². The molecule has 0 amide bonds. The predicted molar refractivity (Wildman–Crippen MR) is 91.3 cm³/mol. The largest absolute Gasteiger partial charge is 0.380 e. The number of hydrogen-bond donors (Lipinski definition) is 1. The molecule has 122 valence electrons. The zero-order valence-corrected chi connectivity index (χ0v) is 13.8. The normalized spacial score (nSPS) is 27.8. The Labute approximate surface area is 140 Å². The van der Waals surface area contributed by atoms with Gasteiger partial charge in [-0.05, 0) is 36.1 Å². The lowest BCUT2D eigenvalue weighted by atomic mass is 9.97. The lowest BCUT2D eigenvalue weighted by Gasteiger charge is -2.23. The van der Waals surface area contributed by atoms with Crippen molar-refractivity contribution in [1.82, 2.24) is 4.90 Å². The molecule has 2 aliphatic heterocycles. The van der Waals surface area contributed by atoms with Crippen LogP contribution >= 0.6 is 11.3 Å². The Bertz CT molecular complexity index is 663.